The Bertz CT molecular complexity index is 962. The lowest BCUT2D eigenvalue weighted by Crippen LogP contribution is -2.35. The van der Waals surface area contributed by atoms with Crippen molar-refractivity contribution in [2.45, 2.75) is 6.54 Å². The third-order valence-corrected chi connectivity index (χ3v) is 5.13. The van der Waals surface area contributed by atoms with Gasteiger partial charge in [0, 0.05) is 31.3 Å². The first-order valence-corrected chi connectivity index (χ1v) is 9.42. The zero-order chi connectivity index (χ0) is 20.4. The van der Waals surface area contributed by atoms with Crippen molar-refractivity contribution >= 4 is 11.9 Å². The predicted octanol–water partition coefficient (Wildman–Crippen LogP) is 2.86. The topological polar surface area (TPSA) is 77.5 Å². The van der Waals surface area contributed by atoms with Crippen LogP contribution in [0.15, 0.2) is 36.1 Å². The maximum absolute atomic E-state index is 12.9. The Hall–Kier alpha value is -3.03. The van der Waals surface area contributed by atoms with Crippen molar-refractivity contribution in [2.75, 3.05) is 40.5 Å². The zero-order valence-corrected chi connectivity index (χ0v) is 16.4. The second-order valence-electron chi connectivity index (χ2n) is 6.88. The van der Waals surface area contributed by atoms with Gasteiger partial charge in [0.25, 0.3) is 0 Å². The number of phenols is 1. The number of allylic oxidation sites excluding steroid dienone is 1. The molecule has 7 heteroatoms. The van der Waals surface area contributed by atoms with Crippen molar-refractivity contribution in [1.29, 1.82) is 0 Å². The second-order valence-corrected chi connectivity index (χ2v) is 6.88. The number of fused-ring (bicyclic) bond motifs is 1. The maximum Gasteiger partial charge on any atom is 0.231 e. The molecule has 1 N–H and O–H groups in total. The number of ketones is 1. The smallest absolute Gasteiger partial charge is 0.231 e. The highest BCUT2D eigenvalue weighted by Gasteiger charge is 2.32. The summed E-state index contributed by atoms with van der Waals surface area (Å²) in [7, 11) is 3.14. The molecule has 0 aromatic heterocycles. The molecule has 1 saturated heterocycles. The predicted molar refractivity (Wildman–Crippen MR) is 107 cm³/mol. The van der Waals surface area contributed by atoms with E-state index in [-0.39, 0.29) is 17.3 Å². The van der Waals surface area contributed by atoms with E-state index in [4.69, 9.17) is 18.9 Å². The fraction of sp³-hybridized carbons (Fsp3) is 0.318. The van der Waals surface area contributed by atoms with E-state index in [1.807, 2.05) is 0 Å². The third kappa shape index (κ3) is 3.79. The summed E-state index contributed by atoms with van der Waals surface area (Å²) in [5, 5.41) is 10.4. The summed E-state index contributed by atoms with van der Waals surface area (Å²) in [6.07, 6.45) is 1.65. The lowest BCUT2D eigenvalue weighted by atomic mass is 10.0. The summed E-state index contributed by atoms with van der Waals surface area (Å²) in [6.45, 7) is 3.33. The molecule has 0 amide bonds. The number of morpholine rings is 1. The first-order valence-electron chi connectivity index (χ1n) is 9.42. The lowest BCUT2D eigenvalue weighted by molar-refractivity contribution is 0.0336. The molecule has 0 bridgehead atoms. The van der Waals surface area contributed by atoms with Crippen molar-refractivity contribution in [1.82, 2.24) is 4.90 Å². The standard InChI is InChI=1S/C22H23NO6/c1-26-15-4-3-14(19(12-15)27-2)11-20-21(25)16-5-6-18(24)17(22(16)29-20)13-23-7-9-28-10-8-23/h3-6,11-12,24H,7-10,13H2,1-2H3. The van der Waals surface area contributed by atoms with Crippen LogP contribution < -0.4 is 14.2 Å². The number of nitrogens with zero attached hydrogens (tertiary/aromatic N) is 1. The highest BCUT2D eigenvalue weighted by atomic mass is 16.5. The van der Waals surface area contributed by atoms with Gasteiger partial charge >= 0.3 is 0 Å². The molecular formula is C22H23NO6. The molecule has 0 unspecified atom stereocenters. The molecule has 1 fully saturated rings. The van der Waals surface area contributed by atoms with Gasteiger partial charge in [-0.15, -0.1) is 0 Å². The minimum absolute atomic E-state index is 0.117. The molecule has 2 aliphatic heterocycles. The second kappa shape index (κ2) is 8.14. The maximum atomic E-state index is 12.9. The summed E-state index contributed by atoms with van der Waals surface area (Å²) in [5.41, 5.74) is 1.76. The number of carbonyl (C=O) groups excluding carboxylic acids is 1. The minimum atomic E-state index is -0.221. The van der Waals surface area contributed by atoms with Gasteiger partial charge in [-0.25, -0.2) is 0 Å². The Morgan fingerprint density at radius 3 is 2.66 bits per heavy atom. The molecule has 4 rings (SSSR count). The molecular weight excluding hydrogens is 374 g/mol. The molecule has 7 nitrogen and oxygen atoms in total. The van der Waals surface area contributed by atoms with E-state index in [1.165, 1.54) is 0 Å². The van der Waals surface area contributed by atoms with Crippen molar-refractivity contribution < 1.29 is 28.8 Å². The summed E-state index contributed by atoms with van der Waals surface area (Å²) >= 11 is 0. The SMILES string of the molecule is COc1ccc(C=C2Oc3c(ccc(O)c3CN3CCOCC3)C2=O)c(OC)c1. The number of phenolic OH excluding ortho intramolecular Hbond substituents is 1. The van der Waals surface area contributed by atoms with Gasteiger partial charge in [-0.2, -0.15) is 0 Å². The lowest BCUT2D eigenvalue weighted by Gasteiger charge is -2.27. The molecule has 0 saturated carbocycles. The zero-order valence-electron chi connectivity index (χ0n) is 16.4. The van der Waals surface area contributed by atoms with Crippen LogP contribution in [0.2, 0.25) is 0 Å². The van der Waals surface area contributed by atoms with Gasteiger partial charge in [-0.1, -0.05) is 0 Å². The molecule has 2 aromatic rings. The Kier molecular flexibility index (Phi) is 5.42. The average molecular weight is 397 g/mol. The van der Waals surface area contributed by atoms with Crippen molar-refractivity contribution in [3.63, 3.8) is 0 Å². The highest BCUT2D eigenvalue weighted by molar-refractivity contribution is 6.15. The van der Waals surface area contributed by atoms with E-state index < -0.39 is 0 Å². The molecule has 152 valence electrons. The third-order valence-electron chi connectivity index (χ3n) is 5.13. The van der Waals surface area contributed by atoms with Crippen LogP contribution in [0.25, 0.3) is 6.08 Å². The Morgan fingerprint density at radius 2 is 1.93 bits per heavy atom. The molecule has 2 aromatic carbocycles. The molecule has 2 heterocycles. The molecule has 0 atom stereocenters. The van der Waals surface area contributed by atoms with Crippen molar-refractivity contribution in [2.24, 2.45) is 0 Å². The van der Waals surface area contributed by atoms with Crippen LogP contribution in [0.5, 0.6) is 23.0 Å². The fourth-order valence-electron chi connectivity index (χ4n) is 3.51. The Morgan fingerprint density at radius 1 is 1.14 bits per heavy atom. The van der Waals surface area contributed by atoms with Gasteiger partial charge in [0.2, 0.25) is 5.78 Å². The molecule has 0 radical (unpaired) electrons. The van der Waals surface area contributed by atoms with E-state index in [2.05, 4.69) is 4.90 Å². The molecule has 0 aliphatic carbocycles. The van der Waals surface area contributed by atoms with Gasteiger partial charge in [-0.3, -0.25) is 9.69 Å². The van der Waals surface area contributed by atoms with Crippen LogP contribution >= 0.6 is 0 Å². The van der Waals surface area contributed by atoms with E-state index in [9.17, 15) is 9.90 Å². The summed E-state index contributed by atoms with van der Waals surface area (Å²) < 4.78 is 21.9. The number of rotatable bonds is 5. The van der Waals surface area contributed by atoms with Gasteiger partial charge in [0.05, 0.1) is 38.6 Å². The molecule has 0 spiro atoms. The van der Waals surface area contributed by atoms with Crippen LogP contribution in [-0.4, -0.2) is 56.3 Å². The van der Waals surface area contributed by atoms with Gasteiger partial charge in [0.15, 0.2) is 5.76 Å². The van der Waals surface area contributed by atoms with E-state index >= 15 is 0 Å². The Balaban J connectivity index is 1.66. The van der Waals surface area contributed by atoms with E-state index in [0.717, 1.165) is 13.1 Å². The van der Waals surface area contributed by atoms with Crippen LogP contribution in [-0.2, 0) is 11.3 Å². The summed E-state index contributed by atoms with van der Waals surface area (Å²) in [6, 6.07) is 8.48. The number of Topliss-reactive ketones (excluding diaryl/α,β-unsaturated/α-hetero) is 1. The summed E-state index contributed by atoms with van der Waals surface area (Å²) in [4.78, 5) is 15.1. The van der Waals surface area contributed by atoms with Crippen LogP contribution in [0, 0.1) is 0 Å². The summed E-state index contributed by atoms with van der Waals surface area (Å²) in [5.74, 6) is 1.73. The fourth-order valence-corrected chi connectivity index (χ4v) is 3.51. The molecule has 29 heavy (non-hydrogen) atoms. The number of ether oxygens (including phenoxy) is 4. The first kappa shape index (κ1) is 19.3. The number of benzene rings is 2. The van der Waals surface area contributed by atoms with E-state index in [0.29, 0.717) is 53.7 Å². The van der Waals surface area contributed by atoms with Crippen LogP contribution in [0.4, 0.5) is 0 Å². The van der Waals surface area contributed by atoms with E-state index in [1.54, 1.807) is 50.6 Å². The Labute approximate surface area is 169 Å². The average Bonchev–Trinajstić information content (AvgIpc) is 3.07. The van der Waals surface area contributed by atoms with Crippen LogP contribution in [0.3, 0.4) is 0 Å². The highest BCUT2D eigenvalue weighted by Crippen LogP contribution is 2.40. The normalized spacial score (nSPS) is 17.9. The van der Waals surface area contributed by atoms with Gasteiger partial charge in [0.1, 0.15) is 23.0 Å². The number of methoxy groups -OCH3 is 2. The van der Waals surface area contributed by atoms with Gasteiger partial charge in [-0.05, 0) is 30.3 Å². The number of carbonyl (C=O) groups is 1. The number of hydrogen-bond donors (Lipinski definition) is 1. The number of aromatic hydroxyl groups is 1. The number of hydrogen-bond acceptors (Lipinski definition) is 7. The van der Waals surface area contributed by atoms with Crippen LogP contribution in [0.1, 0.15) is 21.5 Å². The first-order chi connectivity index (χ1) is 14.1. The van der Waals surface area contributed by atoms with Gasteiger partial charge < -0.3 is 24.1 Å². The van der Waals surface area contributed by atoms with Crippen molar-refractivity contribution in [3.05, 3.63) is 52.8 Å². The monoisotopic (exact) mass is 397 g/mol. The van der Waals surface area contributed by atoms with Crippen molar-refractivity contribution in [3.8, 4) is 23.0 Å². The molecule has 2 aliphatic rings. The largest absolute Gasteiger partial charge is 0.507 e. The minimum Gasteiger partial charge on any atom is -0.507 e. The quantitative estimate of drug-likeness (QED) is 0.778.